The Morgan fingerprint density at radius 2 is 1.41 bits per heavy atom. The van der Waals surface area contributed by atoms with Crippen molar-refractivity contribution in [2.45, 2.75) is 24.9 Å². The molecule has 0 saturated heterocycles. The van der Waals surface area contributed by atoms with Gasteiger partial charge >= 0.3 is 12.4 Å². The van der Waals surface area contributed by atoms with E-state index in [4.69, 9.17) is 0 Å². The standard InChI is InChI=1S/C8H12F6O3/c1-3-16-4-6(7(9,10)11,8(12,13)14)17-5-15-2/h3-5H2,1-2H3. The van der Waals surface area contributed by atoms with Gasteiger partial charge < -0.3 is 14.2 Å². The maximum Gasteiger partial charge on any atom is 0.428 e. The summed E-state index contributed by atoms with van der Waals surface area (Å²) in [7, 11) is 0.915. The van der Waals surface area contributed by atoms with Gasteiger partial charge in [-0.2, -0.15) is 26.3 Å². The Hall–Kier alpha value is -0.540. The van der Waals surface area contributed by atoms with Crippen molar-refractivity contribution in [2.24, 2.45) is 0 Å². The summed E-state index contributed by atoms with van der Waals surface area (Å²) in [6, 6.07) is 0. The van der Waals surface area contributed by atoms with Crippen molar-refractivity contribution >= 4 is 0 Å². The number of hydrogen-bond acceptors (Lipinski definition) is 3. The molecule has 0 bridgehead atoms. The number of hydrogen-bond donors (Lipinski definition) is 0. The van der Waals surface area contributed by atoms with Crippen LogP contribution in [0, 0.1) is 0 Å². The first-order chi connectivity index (χ1) is 7.62. The van der Waals surface area contributed by atoms with E-state index in [9.17, 15) is 26.3 Å². The molecule has 104 valence electrons. The summed E-state index contributed by atoms with van der Waals surface area (Å²) in [5.41, 5.74) is -4.37. The fraction of sp³-hybridized carbons (Fsp3) is 1.00. The lowest BCUT2D eigenvalue weighted by molar-refractivity contribution is -0.401. The molecule has 0 amide bonds. The molecule has 0 rings (SSSR count). The Bertz CT molecular complexity index is 200. The first kappa shape index (κ1) is 16.5. The molecule has 17 heavy (non-hydrogen) atoms. The molecule has 0 aromatic heterocycles. The summed E-state index contributed by atoms with van der Waals surface area (Å²) in [6.07, 6.45) is -11.3. The fourth-order valence-electron chi connectivity index (χ4n) is 0.935. The lowest BCUT2D eigenvalue weighted by atomic mass is 10.0. The normalized spacial score (nSPS) is 14.1. The van der Waals surface area contributed by atoms with Gasteiger partial charge in [0.1, 0.15) is 6.79 Å². The largest absolute Gasteiger partial charge is 0.428 e. The second kappa shape index (κ2) is 5.87. The Kier molecular flexibility index (Phi) is 5.69. The van der Waals surface area contributed by atoms with Gasteiger partial charge in [-0.1, -0.05) is 0 Å². The average Bonchev–Trinajstić information content (AvgIpc) is 2.14. The highest BCUT2D eigenvalue weighted by molar-refractivity contribution is 4.96. The third-order valence-corrected chi connectivity index (χ3v) is 1.85. The molecular weight excluding hydrogens is 258 g/mol. The van der Waals surface area contributed by atoms with Gasteiger partial charge in [-0.05, 0) is 6.92 Å². The zero-order valence-corrected chi connectivity index (χ0v) is 9.11. The molecule has 0 radical (unpaired) electrons. The number of methoxy groups -OCH3 is 1. The molecule has 0 aromatic rings. The van der Waals surface area contributed by atoms with Crippen LogP contribution in [0.3, 0.4) is 0 Å². The van der Waals surface area contributed by atoms with Crippen molar-refractivity contribution in [3.63, 3.8) is 0 Å². The summed E-state index contributed by atoms with van der Waals surface area (Å²) < 4.78 is 87.4. The molecule has 0 spiro atoms. The van der Waals surface area contributed by atoms with E-state index in [0.29, 0.717) is 0 Å². The molecule has 0 atom stereocenters. The highest BCUT2D eigenvalue weighted by atomic mass is 19.4. The molecule has 9 heteroatoms. The van der Waals surface area contributed by atoms with Gasteiger partial charge in [0.05, 0.1) is 6.61 Å². The van der Waals surface area contributed by atoms with Gasteiger partial charge in [-0.15, -0.1) is 0 Å². The van der Waals surface area contributed by atoms with E-state index < -0.39 is 31.4 Å². The van der Waals surface area contributed by atoms with Crippen LogP contribution in [0.25, 0.3) is 0 Å². The Morgan fingerprint density at radius 3 is 1.71 bits per heavy atom. The van der Waals surface area contributed by atoms with E-state index >= 15 is 0 Å². The molecule has 3 nitrogen and oxygen atoms in total. The SMILES string of the molecule is CCOCC(OCOC)(C(F)(F)F)C(F)(F)F. The van der Waals surface area contributed by atoms with Crippen LogP contribution in [-0.4, -0.2) is 45.1 Å². The van der Waals surface area contributed by atoms with Gasteiger partial charge in [0.25, 0.3) is 5.60 Å². The van der Waals surface area contributed by atoms with E-state index in [1.54, 1.807) is 0 Å². The van der Waals surface area contributed by atoms with Crippen LogP contribution in [0.4, 0.5) is 26.3 Å². The van der Waals surface area contributed by atoms with Gasteiger partial charge in [-0.3, -0.25) is 0 Å². The zero-order valence-electron chi connectivity index (χ0n) is 9.11. The zero-order chi connectivity index (χ0) is 13.7. The van der Waals surface area contributed by atoms with Crippen molar-refractivity contribution in [1.82, 2.24) is 0 Å². The van der Waals surface area contributed by atoms with Gasteiger partial charge in [0.15, 0.2) is 0 Å². The van der Waals surface area contributed by atoms with Gasteiger partial charge in [-0.25, -0.2) is 0 Å². The first-order valence-corrected chi connectivity index (χ1v) is 4.46. The summed E-state index contributed by atoms with van der Waals surface area (Å²) >= 11 is 0. The number of alkyl halides is 6. The predicted molar refractivity (Wildman–Crippen MR) is 44.3 cm³/mol. The molecule has 0 heterocycles. The minimum atomic E-state index is -5.65. The van der Waals surface area contributed by atoms with E-state index in [1.165, 1.54) is 6.92 Å². The quantitative estimate of drug-likeness (QED) is 0.548. The van der Waals surface area contributed by atoms with Crippen molar-refractivity contribution in [2.75, 3.05) is 27.1 Å². The topological polar surface area (TPSA) is 27.7 Å². The molecule has 0 saturated carbocycles. The lowest BCUT2D eigenvalue weighted by Crippen LogP contribution is -2.62. The smallest absolute Gasteiger partial charge is 0.378 e. The molecule has 0 aliphatic carbocycles. The van der Waals surface area contributed by atoms with Crippen LogP contribution in [0.2, 0.25) is 0 Å². The second-order valence-electron chi connectivity index (χ2n) is 3.01. The van der Waals surface area contributed by atoms with E-state index in [-0.39, 0.29) is 6.61 Å². The number of rotatable bonds is 6. The highest BCUT2D eigenvalue weighted by Crippen LogP contribution is 2.46. The van der Waals surface area contributed by atoms with Crippen molar-refractivity contribution in [1.29, 1.82) is 0 Å². The van der Waals surface area contributed by atoms with Crippen molar-refractivity contribution in [3.05, 3.63) is 0 Å². The van der Waals surface area contributed by atoms with Crippen molar-refractivity contribution in [3.8, 4) is 0 Å². The average molecular weight is 270 g/mol. The monoisotopic (exact) mass is 270 g/mol. The van der Waals surface area contributed by atoms with Crippen LogP contribution in [0.15, 0.2) is 0 Å². The minimum absolute atomic E-state index is 0.301. The molecule has 0 unspecified atom stereocenters. The molecule has 0 fully saturated rings. The number of ether oxygens (including phenoxy) is 3. The Balaban J connectivity index is 5.22. The lowest BCUT2D eigenvalue weighted by Gasteiger charge is -2.36. The maximum atomic E-state index is 12.5. The first-order valence-electron chi connectivity index (χ1n) is 4.46. The highest BCUT2D eigenvalue weighted by Gasteiger charge is 2.72. The van der Waals surface area contributed by atoms with Gasteiger partial charge in [0, 0.05) is 13.7 Å². The van der Waals surface area contributed by atoms with Crippen LogP contribution >= 0.6 is 0 Å². The summed E-state index contributed by atoms with van der Waals surface area (Å²) in [5.74, 6) is 0. The number of halogens is 6. The minimum Gasteiger partial charge on any atom is -0.378 e. The molecular formula is C8H12F6O3. The maximum absolute atomic E-state index is 12.5. The summed E-state index contributed by atoms with van der Waals surface area (Å²) in [6.45, 7) is -1.84. The summed E-state index contributed by atoms with van der Waals surface area (Å²) in [4.78, 5) is 0. The predicted octanol–water partition coefficient (Wildman–Crippen LogP) is 2.51. The summed E-state index contributed by atoms with van der Waals surface area (Å²) in [5, 5.41) is 0. The molecule has 0 N–H and O–H groups in total. The van der Waals surface area contributed by atoms with Crippen LogP contribution in [0.1, 0.15) is 6.92 Å². The molecule has 0 aromatic carbocycles. The van der Waals surface area contributed by atoms with Crippen LogP contribution in [-0.2, 0) is 14.2 Å². The Morgan fingerprint density at radius 1 is 0.941 bits per heavy atom. The molecule has 0 aliphatic rings. The van der Waals surface area contributed by atoms with E-state index in [1.807, 2.05) is 0 Å². The second-order valence-corrected chi connectivity index (χ2v) is 3.01. The van der Waals surface area contributed by atoms with Gasteiger partial charge in [0.2, 0.25) is 0 Å². The molecule has 0 aliphatic heterocycles. The van der Waals surface area contributed by atoms with E-state index in [2.05, 4.69) is 14.2 Å². The third-order valence-electron chi connectivity index (χ3n) is 1.85. The Labute approximate surface area is 93.6 Å². The van der Waals surface area contributed by atoms with E-state index in [0.717, 1.165) is 7.11 Å². The van der Waals surface area contributed by atoms with Crippen LogP contribution in [0.5, 0.6) is 0 Å². The third kappa shape index (κ3) is 3.71. The fourth-order valence-corrected chi connectivity index (χ4v) is 0.935. The van der Waals surface area contributed by atoms with Crippen molar-refractivity contribution < 1.29 is 40.6 Å². The van der Waals surface area contributed by atoms with Crippen LogP contribution < -0.4 is 0 Å².